The Kier molecular flexibility index (Phi) is 5.38. The lowest BCUT2D eigenvalue weighted by Gasteiger charge is -2.13. The maximum atomic E-state index is 11.9. The molecule has 0 spiro atoms. The molecule has 0 aromatic heterocycles. The molecule has 2 rings (SSSR count). The highest BCUT2D eigenvalue weighted by Gasteiger charge is 2.11. The molecule has 114 valence electrons. The summed E-state index contributed by atoms with van der Waals surface area (Å²) in [6.45, 7) is 1.74. The van der Waals surface area contributed by atoms with Crippen LogP contribution in [0.2, 0.25) is 5.02 Å². The smallest absolute Gasteiger partial charge is 0.262 e. The Morgan fingerprint density at radius 1 is 1.18 bits per heavy atom. The minimum absolute atomic E-state index is 0.182. The fourth-order valence-electron chi connectivity index (χ4n) is 1.69. The van der Waals surface area contributed by atoms with Crippen molar-refractivity contribution in [2.24, 2.45) is 5.10 Å². The Bertz CT molecular complexity index is 654. The molecule has 0 saturated carbocycles. The van der Waals surface area contributed by atoms with Crippen LogP contribution >= 0.6 is 11.6 Å². The van der Waals surface area contributed by atoms with Gasteiger partial charge in [0, 0.05) is 10.7 Å². The molecule has 2 aromatic rings. The van der Waals surface area contributed by atoms with Crippen LogP contribution in [0, 0.1) is 0 Å². The van der Waals surface area contributed by atoms with E-state index in [9.17, 15) is 4.79 Å². The van der Waals surface area contributed by atoms with E-state index in [2.05, 4.69) is 15.8 Å². The molecule has 0 saturated heterocycles. The second kappa shape index (κ2) is 7.47. The second-order valence-corrected chi connectivity index (χ2v) is 5.14. The number of anilines is 1. The van der Waals surface area contributed by atoms with Gasteiger partial charge >= 0.3 is 0 Å². The number of nitrogens with one attached hydrogen (secondary N) is 2. The maximum Gasteiger partial charge on any atom is 0.262 e. The molecule has 0 heterocycles. The lowest BCUT2D eigenvalue weighted by molar-refractivity contribution is -0.121. The highest BCUT2D eigenvalue weighted by atomic mass is 35.5. The summed E-state index contributed by atoms with van der Waals surface area (Å²) < 4.78 is 0. The van der Waals surface area contributed by atoms with Crippen LogP contribution in [0.1, 0.15) is 12.5 Å². The van der Waals surface area contributed by atoms with E-state index in [1.54, 1.807) is 55.5 Å². The van der Waals surface area contributed by atoms with Crippen molar-refractivity contribution in [3.05, 3.63) is 59.1 Å². The van der Waals surface area contributed by atoms with Gasteiger partial charge in [-0.3, -0.25) is 4.79 Å². The normalized spacial score (nSPS) is 12.1. The molecule has 6 heteroatoms. The number of benzene rings is 2. The molecule has 0 aliphatic rings. The molecular formula is C16H16ClN3O2. The average molecular weight is 318 g/mol. The SMILES string of the molecule is C[C@H](Nc1ccc(Cl)cc1)C(=O)N/N=C\c1ccc(O)cc1. The first-order valence-corrected chi connectivity index (χ1v) is 7.06. The number of hydrogen-bond acceptors (Lipinski definition) is 4. The van der Waals surface area contributed by atoms with Gasteiger partial charge in [0.1, 0.15) is 11.8 Å². The van der Waals surface area contributed by atoms with Gasteiger partial charge in [0.2, 0.25) is 0 Å². The van der Waals surface area contributed by atoms with Gasteiger partial charge in [-0.05, 0) is 61.0 Å². The van der Waals surface area contributed by atoms with Gasteiger partial charge in [-0.25, -0.2) is 5.43 Å². The van der Waals surface area contributed by atoms with E-state index in [4.69, 9.17) is 16.7 Å². The zero-order valence-electron chi connectivity index (χ0n) is 12.0. The number of aromatic hydroxyl groups is 1. The number of carbonyl (C=O) groups is 1. The van der Waals surface area contributed by atoms with E-state index in [0.29, 0.717) is 5.02 Å². The summed E-state index contributed by atoms with van der Waals surface area (Å²) in [5.74, 6) is -0.0769. The molecule has 5 nitrogen and oxygen atoms in total. The van der Waals surface area contributed by atoms with Gasteiger partial charge in [-0.1, -0.05) is 11.6 Å². The zero-order chi connectivity index (χ0) is 15.9. The van der Waals surface area contributed by atoms with Gasteiger partial charge in [0.15, 0.2) is 0 Å². The Labute approximate surface area is 133 Å². The van der Waals surface area contributed by atoms with Crippen molar-refractivity contribution in [2.75, 3.05) is 5.32 Å². The van der Waals surface area contributed by atoms with Crippen LogP contribution < -0.4 is 10.7 Å². The third kappa shape index (κ3) is 4.79. The number of nitrogens with zero attached hydrogens (tertiary/aromatic N) is 1. The van der Waals surface area contributed by atoms with Gasteiger partial charge in [0.25, 0.3) is 5.91 Å². The zero-order valence-corrected chi connectivity index (χ0v) is 12.7. The summed E-state index contributed by atoms with van der Waals surface area (Å²) in [6, 6.07) is 13.1. The van der Waals surface area contributed by atoms with E-state index in [0.717, 1.165) is 11.3 Å². The minimum Gasteiger partial charge on any atom is -0.508 e. The first kappa shape index (κ1) is 15.9. The Morgan fingerprint density at radius 3 is 2.45 bits per heavy atom. The van der Waals surface area contributed by atoms with Crippen molar-refractivity contribution in [2.45, 2.75) is 13.0 Å². The number of hydrazone groups is 1. The number of halogens is 1. The van der Waals surface area contributed by atoms with Gasteiger partial charge in [-0.15, -0.1) is 0 Å². The van der Waals surface area contributed by atoms with Crippen LogP contribution in [0.25, 0.3) is 0 Å². The molecular weight excluding hydrogens is 302 g/mol. The number of rotatable bonds is 5. The van der Waals surface area contributed by atoms with Crippen molar-refractivity contribution in [3.63, 3.8) is 0 Å². The predicted molar refractivity (Wildman–Crippen MR) is 88.4 cm³/mol. The van der Waals surface area contributed by atoms with E-state index in [-0.39, 0.29) is 11.7 Å². The number of amides is 1. The number of carbonyl (C=O) groups excluding carboxylic acids is 1. The molecule has 0 unspecified atom stereocenters. The monoisotopic (exact) mass is 317 g/mol. The average Bonchev–Trinajstić information content (AvgIpc) is 2.51. The van der Waals surface area contributed by atoms with Crippen LogP contribution in [0.5, 0.6) is 5.75 Å². The third-order valence-electron chi connectivity index (χ3n) is 2.90. The highest BCUT2D eigenvalue weighted by Crippen LogP contribution is 2.14. The summed E-state index contributed by atoms with van der Waals surface area (Å²) >= 11 is 5.81. The molecule has 2 aromatic carbocycles. The van der Waals surface area contributed by atoms with Gasteiger partial charge in [-0.2, -0.15) is 5.10 Å². The molecule has 1 atom stereocenters. The van der Waals surface area contributed by atoms with E-state index < -0.39 is 6.04 Å². The number of phenols is 1. The van der Waals surface area contributed by atoms with E-state index in [1.807, 2.05) is 0 Å². The lowest BCUT2D eigenvalue weighted by atomic mass is 10.2. The van der Waals surface area contributed by atoms with Gasteiger partial charge in [0.05, 0.1) is 6.21 Å². The molecule has 3 N–H and O–H groups in total. The first-order valence-electron chi connectivity index (χ1n) is 6.68. The van der Waals surface area contributed by atoms with Crippen molar-refractivity contribution in [1.29, 1.82) is 0 Å². The lowest BCUT2D eigenvalue weighted by Crippen LogP contribution is -2.34. The van der Waals surface area contributed by atoms with Crippen molar-refractivity contribution in [3.8, 4) is 5.75 Å². The summed E-state index contributed by atoms with van der Waals surface area (Å²) in [7, 11) is 0. The Hall–Kier alpha value is -2.53. The third-order valence-corrected chi connectivity index (χ3v) is 3.15. The highest BCUT2D eigenvalue weighted by molar-refractivity contribution is 6.30. The largest absolute Gasteiger partial charge is 0.508 e. The predicted octanol–water partition coefficient (Wildman–Crippen LogP) is 3.00. The molecule has 1 amide bonds. The van der Waals surface area contributed by atoms with Crippen LogP contribution in [0.4, 0.5) is 5.69 Å². The standard InChI is InChI=1S/C16H16ClN3O2/c1-11(19-14-6-4-13(17)5-7-14)16(22)20-18-10-12-2-8-15(21)9-3-12/h2-11,19,21H,1H3,(H,20,22)/b18-10-/t11-/m0/s1. The topological polar surface area (TPSA) is 73.7 Å². The van der Waals surface area contributed by atoms with Crippen molar-refractivity contribution >= 4 is 29.4 Å². The van der Waals surface area contributed by atoms with Crippen LogP contribution in [-0.4, -0.2) is 23.3 Å². The fourth-order valence-corrected chi connectivity index (χ4v) is 1.82. The summed E-state index contributed by atoms with van der Waals surface area (Å²) in [4.78, 5) is 11.9. The number of hydrogen-bond donors (Lipinski definition) is 3. The molecule has 0 fully saturated rings. The Balaban J connectivity index is 1.85. The Morgan fingerprint density at radius 2 is 1.82 bits per heavy atom. The number of phenolic OH excluding ortho intramolecular Hbond substituents is 1. The maximum absolute atomic E-state index is 11.9. The molecule has 0 aliphatic carbocycles. The fraction of sp³-hybridized carbons (Fsp3) is 0.125. The summed E-state index contributed by atoms with van der Waals surface area (Å²) in [5, 5.41) is 16.7. The summed E-state index contributed by atoms with van der Waals surface area (Å²) in [6.07, 6.45) is 1.51. The first-order chi connectivity index (χ1) is 10.5. The van der Waals surface area contributed by atoms with Crippen LogP contribution in [-0.2, 0) is 4.79 Å². The van der Waals surface area contributed by atoms with E-state index in [1.165, 1.54) is 6.21 Å². The molecule has 0 radical (unpaired) electrons. The van der Waals surface area contributed by atoms with Gasteiger partial charge < -0.3 is 10.4 Å². The van der Waals surface area contributed by atoms with Crippen LogP contribution in [0.15, 0.2) is 53.6 Å². The van der Waals surface area contributed by atoms with Crippen LogP contribution in [0.3, 0.4) is 0 Å². The minimum atomic E-state index is -0.446. The molecule has 0 aliphatic heterocycles. The second-order valence-electron chi connectivity index (χ2n) is 4.70. The van der Waals surface area contributed by atoms with Crippen molar-refractivity contribution < 1.29 is 9.90 Å². The summed E-state index contributed by atoms with van der Waals surface area (Å²) in [5.41, 5.74) is 4.03. The van der Waals surface area contributed by atoms with E-state index >= 15 is 0 Å². The quantitative estimate of drug-likeness (QED) is 0.586. The van der Waals surface area contributed by atoms with Crippen molar-refractivity contribution in [1.82, 2.24) is 5.43 Å². The molecule has 22 heavy (non-hydrogen) atoms. The molecule has 0 bridgehead atoms.